The zero-order chi connectivity index (χ0) is 39.6. The van der Waals surface area contributed by atoms with E-state index in [-0.39, 0.29) is 30.5 Å². The maximum atomic E-state index is 13.7. The van der Waals surface area contributed by atoms with Crippen molar-refractivity contribution >= 4 is 69.6 Å². The van der Waals surface area contributed by atoms with E-state index in [4.69, 9.17) is 22.4 Å². The largest absolute Gasteiger partial charge is 0.385 e. The Morgan fingerprint density at radius 1 is 0.947 bits per heavy atom. The minimum Gasteiger partial charge on any atom is -0.385 e. The Bertz CT molecular complexity index is 2290. The standard InChI is InChI=1S/C41H48ClN11O4/c1-25-18-27(19-32(36(25)42)52-11-7-35(54)46-40(52)57)39(56)50-12-8-41(9-13-50)21-26(22-41)24-48-14-16-49(17-15-48)30-4-3-5-31-28(30)6-10-51(31)34-20-29(44-2)38-45-23-33(37(43)55)53(38)47-34/h3-5,18-20,23,26,44H,6-17,21-22,24H2,1-2H3,(H2,43,55)(H,46,54,57). The van der Waals surface area contributed by atoms with Gasteiger partial charge < -0.3 is 25.8 Å². The molecule has 4 aromatic rings. The summed E-state index contributed by atoms with van der Waals surface area (Å²) < 4.78 is 1.53. The highest BCUT2D eigenvalue weighted by atomic mass is 35.5. The van der Waals surface area contributed by atoms with Crippen LogP contribution in [0.1, 0.15) is 64.1 Å². The first kappa shape index (κ1) is 37.2. The van der Waals surface area contributed by atoms with E-state index in [1.54, 1.807) is 12.1 Å². The molecule has 0 radical (unpaired) electrons. The molecule has 4 aliphatic heterocycles. The van der Waals surface area contributed by atoms with E-state index in [9.17, 15) is 19.2 Å². The molecule has 0 bridgehead atoms. The molecule has 0 unspecified atom stereocenters. The zero-order valence-electron chi connectivity index (χ0n) is 32.4. The van der Waals surface area contributed by atoms with E-state index in [1.165, 1.54) is 39.7 Å². The van der Waals surface area contributed by atoms with E-state index in [0.29, 0.717) is 33.3 Å². The van der Waals surface area contributed by atoms with Crippen LogP contribution in [-0.2, 0) is 11.2 Å². The molecule has 4 N–H and O–H groups in total. The Labute approximate surface area is 336 Å². The molecule has 298 valence electrons. The summed E-state index contributed by atoms with van der Waals surface area (Å²) in [5.74, 6) is 0.485. The molecular weight excluding hydrogens is 746 g/mol. The van der Waals surface area contributed by atoms with Gasteiger partial charge in [-0.2, -0.15) is 0 Å². The van der Waals surface area contributed by atoms with Gasteiger partial charge in [0.25, 0.3) is 11.8 Å². The van der Waals surface area contributed by atoms with Crippen LogP contribution in [0.2, 0.25) is 5.02 Å². The van der Waals surface area contributed by atoms with Gasteiger partial charge in [0, 0.05) is 101 Å². The Kier molecular flexibility index (Phi) is 9.47. The van der Waals surface area contributed by atoms with Crippen molar-refractivity contribution in [2.45, 2.75) is 45.4 Å². The first-order valence-electron chi connectivity index (χ1n) is 19.9. The first-order valence-corrected chi connectivity index (χ1v) is 20.3. The summed E-state index contributed by atoms with van der Waals surface area (Å²) in [5, 5.41) is 10.7. The molecule has 1 saturated carbocycles. The number of carbonyl (C=O) groups excluding carboxylic acids is 4. The molecule has 6 heterocycles. The third-order valence-corrected chi connectivity index (χ3v) is 13.4. The molecule has 1 aliphatic carbocycles. The van der Waals surface area contributed by atoms with Crippen LogP contribution in [0.5, 0.6) is 0 Å². The van der Waals surface area contributed by atoms with E-state index in [2.05, 4.69) is 48.5 Å². The van der Waals surface area contributed by atoms with Crippen LogP contribution < -0.4 is 31.1 Å². The van der Waals surface area contributed by atoms with Gasteiger partial charge in [0.1, 0.15) is 5.69 Å². The number of nitrogens with one attached hydrogen (secondary N) is 2. The fraction of sp³-hybridized carbons (Fsp3) is 0.463. The molecule has 1 spiro atoms. The number of nitrogens with zero attached hydrogens (tertiary/aromatic N) is 8. The molecule has 0 atom stereocenters. The van der Waals surface area contributed by atoms with Crippen LogP contribution in [0.3, 0.4) is 0 Å². The topological polar surface area (TPSA) is 165 Å². The number of amides is 5. The summed E-state index contributed by atoms with van der Waals surface area (Å²) in [7, 11) is 1.83. The number of aromatic nitrogens is 3. The SMILES string of the molecule is CNc1cc(N2CCc3c(N4CCN(CC5CC6(CCN(C(=O)c7cc(C)c(Cl)c(N8CCC(=O)NC8=O)c7)CC6)C5)CC4)cccc32)nn2c(C(N)=O)cnc12. The molecule has 5 aliphatic rings. The average molecular weight is 794 g/mol. The Morgan fingerprint density at radius 3 is 2.40 bits per heavy atom. The van der Waals surface area contributed by atoms with Crippen molar-refractivity contribution in [1.29, 1.82) is 0 Å². The summed E-state index contributed by atoms with van der Waals surface area (Å²) >= 11 is 6.59. The lowest BCUT2D eigenvalue weighted by Gasteiger charge is -2.53. The van der Waals surface area contributed by atoms with Gasteiger partial charge in [0.05, 0.1) is 22.6 Å². The Balaban J connectivity index is 0.781. The number of piperidine rings is 1. The number of anilines is 5. The molecule has 15 nitrogen and oxygen atoms in total. The van der Waals surface area contributed by atoms with Crippen molar-refractivity contribution in [1.82, 2.24) is 29.7 Å². The highest BCUT2D eigenvalue weighted by Gasteiger charge is 2.47. The minimum absolute atomic E-state index is 0.0424. The van der Waals surface area contributed by atoms with Crippen molar-refractivity contribution in [3.8, 4) is 0 Å². The van der Waals surface area contributed by atoms with Gasteiger partial charge in [-0.1, -0.05) is 17.7 Å². The number of piperazine rings is 1. The number of imidazole rings is 1. The molecule has 9 rings (SSSR count). The molecule has 2 aromatic heterocycles. The van der Waals surface area contributed by atoms with Crippen molar-refractivity contribution in [3.63, 3.8) is 0 Å². The van der Waals surface area contributed by atoms with Gasteiger partial charge in [0.2, 0.25) is 5.91 Å². The smallest absolute Gasteiger partial charge is 0.328 e. The second-order valence-electron chi connectivity index (χ2n) is 16.3. The van der Waals surface area contributed by atoms with Gasteiger partial charge in [-0.25, -0.2) is 14.3 Å². The van der Waals surface area contributed by atoms with E-state index >= 15 is 0 Å². The molecule has 2 aromatic carbocycles. The highest BCUT2D eigenvalue weighted by Crippen LogP contribution is 2.53. The van der Waals surface area contributed by atoms with Gasteiger partial charge >= 0.3 is 6.03 Å². The monoisotopic (exact) mass is 793 g/mol. The quantitative estimate of drug-likeness (QED) is 0.233. The summed E-state index contributed by atoms with van der Waals surface area (Å²) in [6.07, 6.45) is 6.98. The number of primary amides is 1. The number of likely N-dealkylation sites (tertiary alicyclic amines) is 1. The Morgan fingerprint density at radius 2 is 1.68 bits per heavy atom. The van der Waals surface area contributed by atoms with Gasteiger partial charge in [-0.3, -0.25) is 29.5 Å². The van der Waals surface area contributed by atoms with E-state index < -0.39 is 11.9 Å². The number of benzene rings is 2. The summed E-state index contributed by atoms with van der Waals surface area (Å²) in [6, 6.07) is 11.5. The number of urea groups is 1. The number of carbonyl (C=O) groups is 4. The van der Waals surface area contributed by atoms with Crippen molar-refractivity contribution in [3.05, 3.63) is 70.0 Å². The lowest BCUT2D eigenvalue weighted by molar-refractivity contribution is -0.120. The van der Waals surface area contributed by atoms with Gasteiger partial charge in [-0.05, 0) is 80.2 Å². The van der Waals surface area contributed by atoms with Crippen LogP contribution >= 0.6 is 11.6 Å². The normalized spacial score (nSPS) is 19.9. The maximum Gasteiger partial charge on any atom is 0.328 e. The predicted molar refractivity (Wildman–Crippen MR) is 219 cm³/mol. The third-order valence-electron chi connectivity index (χ3n) is 12.9. The fourth-order valence-electron chi connectivity index (χ4n) is 9.86. The first-order chi connectivity index (χ1) is 27.5. The van der Waals surface area contributed by atoms with Crippen LogP contribution in [0, 0.1) is 18.3 Å². The predicted octanol–water partition coefficient (Wildman–Crippen LogP) is 4.43. The number of hydrogen-bond donors (Lipinski definition) is 3. The van der Waals surface area contributed by atoms with E-state index in [1.807, 2.05) is 24.9 Å². The molecule has 4 fully saturated rings. The number of halogens is 1. The van der Waals surface area contributed by atoms with E-state index in [0.717, 1.165) is 94.4 Å². The van der Waals surface area contributed by atoms with Crippen molar-refractivity contribution in [2.24, 2.45) is 17.1 Å². The van der Waals surface area contributed by atoms with Gasteiger partial charge in [-0.15, -0.1) is 5.10 Å². The average Bonchev–Trinajstić information content (AvgIpc) is 3.84. The summed E-state index contributed by atoms with van der Waals surface area (Å²) in [6.45, 7) is 9.41. The van der Waals surface area contributed by atoms with Crippen LogP contribution in [0.25, 0.3) is 5.65 Å². The molecule has 3 saturated heterocycles. The maximum absolute atomic E-state index is 13.7. The minimum atomic E-state index is -0.571. The number of fused-ring (bicyclic) bond motifs is 2. The van der Waals surface area contributed by atoms with Crippen molar-refractivity contribution < 1.29 is 19.2 Å². The van der Waals surface area contributed by atoms with Crippen LogP contribution in [0.15, 0.2) is 42.6 Å². The number of rotatable bonds is 8. The summed E-state index contributed by atoms with van der Waals surface area (Å²) in [4.78, 5) is 65.2. The highest BCUT2D eigenvalue weighted by molar-refractivity contribution is 6.35. The fourth-order valence-corrected chi connectivity index (χ4v) is 10.1. The van der Waals surface area contributed by atoms with Crippen LogP contribution in [0.4, 0.5) is 33.4 Å². The third kappa shape index (κ3) is 6.69. The zero-order valence-corrected chi connectivity index (χ0v) is 33.1. The molecule has 5 amide bonds. The summed E-state index contributed by atoms with van der Waals surface area (Å²) in [5.41, 5.74) is 13.0. The second kappa shape index (κ2) is 14.5. The molecular formula is C41H48ClN11O4. The number of imide groups is 1. The lowest BCUT2D eigenvalue weighted by atomic mass is 9.57. The molecule has 57 heavy (non-hydrogen) atoms. The number of aryl methyl sites for hydroxylation is 1. The Hall–Kier alpha value is -5.41. The second-order valence-corrected chi connectivity index (χ2v) is 16.7. The van der Waals surface area contributed by atoms with Crippen LogP contribution in [-0.4, -0.2) is 114 Å². The molecule has 16 heteroatoms. The van der Waals surface area contributed by atoms with Gasteiger partial charge in [0.15, 0.2) is 11.5 Å². The van der Waals surface area contributed by atoms with Crippen molar-refractivity contribution in [2.75, 3.05) is 86.0 Å². The lowest BCUT2D eigenvalue weighted by Crippen LogP contribution is -2.53. The number of nitrogens with two attached hydrogens (primary N) is 1. The number of hydrogen-bond acceptors (Lipinski definition) is 10.